The van der Waals surface area contributed by atoms with Crippen LogP contribution in [0.2, 0.25) is 0 Å². The molecule has 0 heterocycles. The summed E-state index contributed by atoms with van der Waals surface area (Å²) in [6, 6.07) is 23.0. The van der Waals surface area contributed by atoms with Crippen LogP contribution in [0.25, 0.3) is 0 Å². The first-order valence-electron chi connectivity index (χ1n) is 15.3. The quantitative estimate of drug-likeness (QED) is 0.211. The Morgan fingerprint density at radius 3 is 1.93 bits per heavy atom. The van der Waals surface area contributed by atoms with E-state index in [4.69, 9.17) is 4.74 Å². The van der Waals surface area contributed by atoms with E-state index in [9.17, 15) is 9.59 Å². The highest BCUT2D eigenvalue weighted by molar-refractivity contribution is 7.65. The number of carbonyl (C=O) groups is 2. The molecule has 4 atom stereocenters. The zero-order valence-corrected chi connectivity index (χ0v) is 27.3. The number of benzene rings is 3. The van der Waals surface area contributed by atoms with E-state index in [2.05, 4.69) is 69.3 Å². The molecule has 2 aliphatic carbocycles. The average Bonchev–Trinajstić information content (AvgIpc) is 3.46. The lowest BCUT2D eigenvalue weighted by Crippen LogP contribution is -2.17. The van der Waals surface area contributed by atoms with Crippen LogP contribution in [0.1, 0.15) is 96.6 Å². The van der Waals surface area contributed by atoms with Crippen molar-refractivity contribution in [2.75, 3.05) is 19.4 Å². The molecule has 0 radical (unpaired) electrons. The highest BCUT2D eigenvalue weighted by Crippen LogP contribution is 2.41. The lowest BCUT2D eigenvalue weighted by atomic mass is 10.1. The number of hydrogen-bond donors (Lipinski definition) is 0. The maximum absolute atomic E-state index is 12.5. The Labute approximate surface area is 250 Å². The van der Waals surface area contributed by atoms with Gasteiger partial charge in [0.15, 0.2) is 11.6 Å². The Balaban J connectivity index is 0.000000189. The molecule has 0 aromatic heterocycles. The standard InChI is InChI=1S/C18H19O2P.C18H27OP/c1-12-11-14-9-6-10-15(16(14)17(12)19)21-18(20-2)13-7-4-3-5-8-13;1-4-6-11-20(12-7-5-2)16-10-8-9-15-13-14(3)18(19)17(15)16/h3-10,12,18,21H,11H2,1-2H3;8-10,14H,4-7,11-13H2,1-3H3. The molecule has 5 rings (SSSR count). The third-order valence-corrected chi connectivity index (χ3v) is 12.6. The predicted octanol–water partition coefficient (Wildman–Crippen LogP) is 8.48. The minimum atomic E-state index is -0.137. The molecule has 218 valence electrons. The van der Waals surface area contributed by atoms with Gasteiger partial charge >= 0.3 is 0 Å². The van der Waals surface area contributed by atoms with Crippen LogP contribution in [0.3, 0.4) is 0 Å². The number of carbonyl (C=O) groups excluding carboxylic acids is 2. The molecule has 3 nitrogen and oxygen atoms in total. The predicted molar refractivity (Wildman–Crippen MR) is 178 cm³/mol. The summed E-state index contributed by atoms with van der Waals surface area (Å²) in [6.45, 7) is 8.61. The first kappa shape index (κ1) is 31.7. The van der Waals surface area contributed by atoms with Crippen LogP contribution >= 0.6 is 16.5 Å². The van der Waals surface area contributed by atoms with Gasteiger partial charge in [-0.1, -0.05) is 124 Å². The van der Waals surface area contributed by atoms with E-state index < -0.39 is 0 Å². The van der Waals surface area contributed by atoms with Crippen molar-refractivity contribution >= 4 is 38.7 Å². The Hall–Kier alpha value is -2.18. The Morgan fingerprint density at radius 2 is 1.34 bits per heavy atom. The average molecular weight is 589 g/mol. The van der Waals surface area contributed by atoms with Gasteiger partial charge in [-0.15, -0.1) is 0 Å². The van der Waals surface area contributed by atoms with Gasteiger partial charge in [0.1, 0.15) is 5.85 Å². The van der Waals surface area contributed by atoms with Crippen molar-refractivity contribution in [1.29, 1.82) is 0 Å². The second-order valence-electron chi connectivity index (χ2n) is 11.5. The molecule has 0 aliphatic heterocycles. The molecule has 2 aliphatic rings. The van der Waals surface area contributed by atoms with Crippen molar-refractivity contribution in [3.8, 4) is 0 Å². The van der Waals surface area contributed by atoms with Gasteiger partial charge in [-0.3, -0.25) is 9.59 Å². The number of fused-ring (bicyclic) bond motifs is 2. The molecule has 0 saturated heterocycles. The topological polar surface area (TPSA) is 43.4 Å². The Morgan fingerprint density at radius 1 is 0.780 bits per heavy atom. The minimum Gasteiger partial charge on any atom is -0.372 e. The lowest BCUT2D eigenvalue weighted by molar-refractivity contribution is 0.0940. The van der Waals surface area contributed by atoms with Crippen LogP contribution < -0.4 is 10.6 Å². The molecule has 3 aromatic rings. The number of hydrogen-bond acceptors (Lipinski definition) is 3. The highest BCUT2D eigenvalue weighted by atomic mass is 31.1. The van der Waals surface area contributed by atoms with Crippen molar-refractivity contribution in [1.82, 2.24) is 0 Å². The van der Waals surface area contributed by atoms with E-state index in [-0.39, 0.29) is 31.4 Å². The fourth-order valence-electron chi connectivity index (χ4n) is 5.92. The van der Waals surface area contributed by atoms with Gasteiger partial charge in [-0.25, -0.2) is 0 Å². The van der Waals surface area contributed by atoms with E-state index in [0.29, 0.717) is 14.4 Å². The number of ether oxygens (including phenoxy) is 1. The molecule has 0 bridgehead atoms. The van der Waals surface area contributed by atoms with Crippen molar-refractivity contribution in [2.45, 2.75) is 72.1 Å². The third-order valence-electron chi connectivity index (χ3n) is 8.25. The largest absolute Gasteiger partial charge is 0.372 e. The van der Waals surface area contributed by atoms with Gasteiger partial charge in [-0.2, -0.15) is 0 Å². The molecule has 0 N–H and O–H groups in total. The Bertz CT molecular complexity index is 1310. The molecule has 0 fully saturated rings. The van der Waals surface area contributed by atoms with Crippen LogP contribution in [0, 0.1) is 11.8 Å². The summed E-state index contributed by atoms with van der Waals surface area (Å²) in [4.78, 5) is 24.9. The fourth-order valence-corrected chi connectivity index (χ4v) is 10.3. The monoisotopic (exact) mass is 588 g/mol. The number of ketones is 2. The molecule has 4 unspecified atom stereocenters. The summed E-state index contributed by atoms with van der Waals surface area (Å²) < 4.78 is 5.66. The van der Waals surface area contributed by atoms with Crippen LogP contribution in [-0.4, -0.2) is 31.0 Å². The molecule has 5 heteroatoms. The molecule has 0 spiro atoms. The number of rotatable bonds is 11. The smallest absolute Gasteiger partial charge is 0.166 e. The SMILES string of the molecule is CCCCP(CCCC)c1cccc2c1C(=O)C(C)C2.COC(Pc1cccc2c1C(=O)C(C)C2)c1ccccc1. The molecular formula is C36H46O3P2. The van der Waals surface area contributed by atoms with E-state index in [1.165, 1.54) is 54.4 Å². The van der Waals surface area contributed by atoms with Crippen molar-refractivity contribution < 1.29 is 14.3 Å². The van der Waals surface area contributed by atoms with E-state index >= 15 is 0 Å². The summed E-state index contributed by atoms with van der Waals surface area (Å²) in [5, 5.41) is 2.55. The van der Waals surface area contributed by atoms with Crippen molar-refractivity contribution in [2.24, 2.45) is 11.8 Å². The molecule has 41 heavy (non-hydrogen) atoms. The van der Waals surface area contributed by atoms with Gasteiger partial charge in [0, 0.05) is 30.1 Å². The van der Waals surface area contributed by atoms with Gasteiger partial charge in [-0.05, 0) is 65.3 Å². The maximum atomic E-state index is 12.5. The van der Waals surface area contributed by atoms with Crippen LogP contribution in [0.4, 0.5) is 0 Å². The number of unbranched alkanes of at least 4 members (excludes halogenated alkanes) is 2. The fraction of sp³-hybridized carbons (Fsp3) is 0.444. The zero-order valence-electron chi connectivity index (χ0n) is 25.4. The van der Waals surface area contributed by atoms with Gasteiger partial charge in [0.2, 0.25) is 0 Å². The summed E-state index contributed by atoms with van der Waals surface area (Å²) in [5.41, 5.74) is 5.72. The molecule has 0 saturated carbocycles. The summed E-state index contributed by atoms with van der Waals surface area (Å²) in [7, 11) is 2.05. The summed E-state index contributed by atoms with van der Waals surface area (Å²) in [6.07, 6.45) is 9.51. The van der Waals surface area contributed by atoms with Gasteiger partial charge < -0.3 is 4.74 Å². The Kier molecular flexibility index (Phi) is 11.9. The molecular weight excluding hydrogens is 542 g/mol. The van der Waals surface area contributed by atoms with E-state index in [1.54, 1.807) is 7.11 Å². The van der Waals surface area contributed by atoms with Gasteiger partial charge in [0.25, 0.3) is 0 Å². The van der Waals surface area contributed by atoms with Gasteiger partial charge in [0.05, 0.1) is 0 Å². The number of Topliss-reactive ketones (excluding diaryl/α,β-unsaturated/α-hetero) is 2. The van der Waals surface area contributed by atoms with E-state index in [0.717, 1.165) is 34.8 Å². The first-order valence-corrected chi connectivity index (χ1v) is 18.1. The normalized spacial score (nSPS) is 18.5. The molecule has 3 aromatic carbocycles. The van der Waals surface area contributed by atoms with Crippen LogP contribution in [0.5, 0.6) is 0 Å². The van der Waals surface area contributed by atoms with Crippen LogP contribution in [-0.2, 0) is 17.6 Å². The van der Waals surface area contributed by atoms with Crippen LogP contribution in [0.15, 0.2) is 66.7 Å². The van der Waals surface area contributed by atoms with Crippen molar-refractivity contribution in [3.63, 3.8) is 0 Å². The second kappa shape index (κ2) is 15.3. The highest BCUT2D eigenvalue weighted by Gasteiger charge is 2.31. The van der Waals surface area contributed by atoms with Crippen molar-refractivity contribution in [3.05, 3.63) is 94.5 Å². The second-order valence-corrected chi connectivity index (χ2v) is 15.3. The minimum absolute atomic E-state index is 0.0152. The summed E-state index contributed by atoms with van der Waals surface area (Å²) >= 11 is 0. The summed E-state index contributed by atoms with van der Waals surface area (Å²) in [5.74, 6) is 1.01. The van der Waals surface area contributed by atoms with E-state index in [1.807, 2.05) is 25.1 Å². The number of methoxy groups -OCH3 is 1. The zero-order chi connectivity index (χ0) is 29.4. The first-order chi connectivity index (χ1) is 19.9. The maximum Gasteiger partial charge on any atom is 0.166 e. The third kappa shape index (κ3) is 7.62. The lowest BCUT2D eigenvalue weighted by Gasteiger charge is -2.20. The molecule has 0 amide bonds.